The molecule has 2 rings (SSSR count). The summed E-state index contributed by atoms with van der Waals surface area (Å²) in [5.74, 6) is 1.30. The Morgan fingerprint density at radius 2 is 2.00 bits per heavy atom. The van der Waals surface area contributed by atoms with Crippen LogP contribution in [0, 0.1) is 5.92 Å². The molecule has 0 radical (unpaired) electrons. The van der Waals surface area contributed by atoms with Crippen LogP contribution in [0.2, 0.25) is 0 Å². The number of rotatable bonds is 6. The highest BCUT2D eigenvalue weighted by Crippen LogP contribution is 2.23. The minimum absolute atomic E-state index is 0.0176. The number of hydrogen-bond acceptors (Lipinski definition) is 3. The molecule has 0 aliphatic carbocycles. The SMILES string of the molecule is CCn1c(-c2cccc(OCC(C)C)c2)ccc(CN)c1=O. The number of benzene rings is 1. The maximum absolute atomic E-state index is 12.4. The lowest BCUT2D eigenvalue weighted by atomic mass is 10.1. The summed E-state index contributed by atoms with van der Waals surface area (Å²) in [5.41, 5.74) is 8.11. The van der Waals surface area contributed by atoms with Gasteiger partial charge in [-0.05, 0) is 31.0 Å². The van der Waals surface area contributed by atoms with Crippen molar-refractivity contribution < 1.29 is 4.74 Å². The van der Waals surface area contributed by atoms with Gasteiger partial charge < -0.3 is 15.0 Å². The molecule has 2 N–H and O–H groups in total. The molecule has 118 valence electrons. The molecule has 4 heteroatoms. The highest BCUT2D eigenvalue weighted by Gasteiger charge is 2.09. The molecular formula is C18H24N2O2. The van der Waals surface area contributed by atoms with Crippen molar-refractivity contribution in [1.82, 2.24) is 4.57 Å². The van der Waals surface area contributed by atoms with Crippen LogP contribution in [0.15, 0.2) is 41.2 Å². The normalized spacial score (nSPS) is 11.0. The fraction of sp³-hybridized carbons (Fsp3) is 0.389. The average Bonchev–Trinajstić information content (AvgIpc) is 2.52. The molecule has 0 fully saturated rings. The first-order chi connectivity index (χ1) is 10.6. The van der Waals surface area contributed by atoms with Gasteiger partial charge in [-0.2, -0.15) is 0 Å². The first kappa shape index (κ1) is 16.3. The monoisotopic (exact) mass is 300 g/mol. The van der Waals surface area contributed by atoms with Crippen LogP contribution in [-0.2, 0) is 13.1 Å². The molecule has 4 nitrogen and oxygen atoms in total. The Hall–Kier alpha value is -2.07. The van der Waals surface area contributed by atoms with Crippen LogP contribution in [0.1, 0.15) is 26.3 Å². The summed E-state index contributed by atoms with van der Waals surface area (Å²) in [7, 11) is 0. The van der Waals surface area contributed by atoms with Crippen molar-refractivity contribution in [3.63, 3.8) is 0 Å². The first-order valence-electron chi connectivity index (χ1n) is 7.72. The van der Waals surface area contributed by atoms with E-state index in [1.165, 1.54) is 0 Å². The van der Waals surface area contributed by atoms with Crippen LogP contribution >= 0.6 is 0 Å². The molecular weight excluding hydrogens is 276 g/mol. The Labute approximate surface area is 131 Å². The van der Waals surface area contributed by atoms with Gasteiger partial charge in [0.05, 0.1) is 12.3 Å². The third-order valence-corrected chi connectivity index (χ3v) is 3.50. The molecule has 0 bridgehead atoms. The molecule has 1 heterocycles. The standard InChI is InChI=1S/C18H24N2O2/c1-4-20-17(9-8-15(11-19)18(20)21)14-6-5-7-16(10-14)22-12-13(2)3/h5-10,13H,4,11-12,19H2,1-3H3. The zero-order valence-corrected chi connectivity index (χ0v) is 13.5. The molecule has 0 saturated heterocycles. The molecule has 1 aromatic carbocycles. The lowest BCUT2D eigenvalue weighted by Crippen LogP contribution is -2.25. The maximum Gasteiger partial charge on any atom is 0.255 e. The van der Waals surface area contributed by atoms with E-state index in [0.717, 1.165) is 17.0 Å². The van der Waals surface area contributed by atoms with Gasteiger partial charge in [-0.25, -0.2) is 0 Å². The second-order valence-electron chi connectivity index (χ2n) is 5.73. The number of nitrogens with two attached hydrogens (primary N) is 1. The van der Waals surface area contributed by atoms with Crippen molar-refractivity contribution in [1.29, 1.82) is 0 Å². The molecule has 0 aliphatic rings. The summed E-state index contributed by atoms with van der Waals surface area (Å²) in [6.45, 7) is 7.74. The van der Waals surface area contributed by atoms with Crippen molar-refractivity contribution in [2.24, 2.45) is 11.7 Å². The van der Waals surface area contributed by atoms with E-state index in [9.17, 15) is 4.79 Å². The fourth-order valence-corrected chi connectivity index (χ4v) is 2.35. The highest BCUT2D eigenvalue weighted by atomic mass is 16.5. The van der Waals surface area contributed by atoms with E-state index in [-0.39, 0.29) is 12.1 Å². The molecule has 0 atom stereocenters. The largest absolute Gasteiger partial charge is 0.493 e. The predicted octanol–water partition coefficient (Wildman–Crippen LogP) is 3.03. The van der Waals surface area contributed by atoms with Crippen molar-refractivity contribution in [2.75, 3.05) is 6.61 Å². The van der Waals surface area contributed by atoms with Crippen molar-refractivity contribution in [2.45, 2.75) is 33.9 Å². The van der Waals surface area contributed by atoms with Gasteiger partial charge in [0.1, 0.15) is 5.75 Å². The van der Waals surface area contributed by atoms with Crippen LogP contribution < -0.4 is 16.0 Å². The number of hydrogen-bond donors (Lipinski definition) is 1. The van der Waals surface area contributed by atoms with Crippen LogP contribution in [0.4, 0.5) is 0 Å². The van der Waals surface area contributed by atoms with Crippen LogP contribution in [0.25, 0.3) is 11.3 Å². The number of nitrogens with zero attached hydrogens (tertiary/aromatic N) is 1. The predicted molar refractivity (Wildman–Crippen MR) is 90.0 cm³/mol. The number of ether oxygens (including phenoxy) is 1. The zero-order valence-electron chi connectivity index (χ0n) is 13.5. The Morgan fingerprint density at radius 3 is 2.64 bits per heavy atom. The van der Waals surface area contributed by atoms with E-state index in [2.05, 4.69) is 13.8 Å². The Morgan fingerprint density at radius 1 is 1.23 bits per heavy atom. The summed E-state index contributed by atoms with van der Waals surface area (Å²) in [4.78, 5) is 12.4. The quantitative estimate of drug-likeness (QED) is 0.892. The molecule has 2 aromatic rings. The fourth-order valence-electron chi connectivity index (χ4n) is 2.35. The number of pyridine rings is 1. The third kappa shape index (κ3) is 3.57. The molecule has 0 unspecified atom stereocenters. The van der Waals surface area contributed by atoms with E-state index in [4.69, 9.17) is 10.5 Å². The lowest BCUT2D eigenvalue weighted by molar-refractivity contribution is 0.271. The summed E-state index contributed by atoms with van der Waals surface area (Å²) < 4.78 is 7.52. The molecule has 0 spiro atoms. The summed E-state index contributed by atoms with van der Waals surface area (Å²) in [6.07, 6.45) is 0. The summed E-state index contributed by atoms with van der Waals surface area (Å²) >= 11 is 0. The van der Waals surface area contributed by atoms with Gasteiger partial charge in [-0.15, -0.1) is 0 Å². The van der Waals surface area contributed by atoms with Gasteiger partial charge in [0.15, 0.2) is 0 Å². The van der Waals surface area contributed by atoms with Crippen molar-refractivity contribution >= 4 is 0 Å². The second kappa shape index (κ2) is 7.27. The van der Waals surface area contributed by atoms with Gasteiger partial charge in [-0.3, -0.25) is 4.79 Å². The lowest BCUT2D eigenvalue weighted by Gasteiger charge is -2.14. The van der Waals surface area contributed by atoms with Crippen molar-refractivity contribution in [3.8, 4) is 17.0 Å². The smallest absolute Gasteiger partial charge is 0.255 e. The van der Waals surface area contributed by atoms with E-state index < -0.39 is 0 Å². The topological polar surface area (TPSA) is 57.2 Å². The van der Waals surface area contributed by atoms with Gasteiger partial charge >= 0.3 is 0 Å². The first-order valence-corrected chi connectivity index (χ1v) is 7.72. The summed E-state index contributed by atoms with van der Waals surface area (Å²) in [6, 6.07) is 11.6. The van der Waals surface area contributed by atoms with Crippen LogP contribution in [-0.4, -0.2) is 11.2 Å². The van der Waals surface area contributed by atoms with Gasteiger partial charge in [0.2, 0.25) is 0 Å². The van der Waals surface area contributed by atoms with Crippen LogP contribution in [0.5, 0.6) is 5.75 Å². The molecule has 0 amide bonds. The van der Waals surface area contributed by atoms with Gasteiger partial charge in [0, 0.05) is 24.2 Å². The molecule has 1 aromatic heterocycles. The molecule has 0 aliphatic heterocycles. The minimum atomic E-state index is -0.0176. The van der Waals surface area contributed by atoms with Gasteiger partial charge in [0.25, 0.3) is 5.56 Å². The summed E-state index contributed by atoms with van der Waals surface area (Å²) in [5, 5.41) is 0. The van der Waals surface area contributed by atoms with E-state index >= 15 is 0 Å². The second-order valence-corrected chi connectivity index (χ2v) is 5.73. The average molecular weight is 300 g/mol. The highest BCUT2D eigenvalue weighted by molar-refractivity contribution is 5.62. The molecule has 0 saturated carbocycles. The Kier molecular flexibility index (Phi) is 5.39. The molecule has 22 heavy (non-hydrogen) atoms. The third-order valence-electron chi connectivity index (χ3n) is 3.50. The van der Waals surface area contributed by atoms with E-state index in [1.54, 1.807) is 4.57 Å². The van der Waals surface area contributed by atoms with Crippen LogP contribution in [0.3, 0.4) is 0 Å². The number of aromatic nitrogens is 1. The maximum atomic E-state index is 12.4. The van der Waals surface area contributed by atoms with E-state index in [0.29, 0.717) is 24.6 Å². The van der Waals surface area contributed by atoms with Crippen molar-refractivity contribution in [3.05, 3.63) is 52.3 Å². The van der Waals surface area contributed by atoms with Gasteiger partial charge in [-0.1, -0.05) is 32.0 Å². The Bertz CT molecular complexity index is 690. The minimum Gasteiger partial charge on any atom is -0.493 e. The Balaban J connectivity index is 2.42. The zero-order chi connectivity index (χ0) is 16.1. The van der Waals surface area contributed by atoms with E-state index in [1.807, 2.05) is 43.3 Å².